The molecule has 0 aromatic heterocycles. The zero-order valence-corrected chi connectivity index (χ0v) is 13.1. The molecule has 2 atom stereocenters. The van der Waals surface area contributed by atoms with E-state index in [-0.39, 0.29) is 6.04 Å². The highest BCUT2D eigenvalue weighted by Crippen LogP contribution is 2.29. The Morgan fingerprint density at radius 2 is 2.24 bits per heavy atom. The van der Waals surface area contributed by atoms with E-state index < -0.39 is 0 Å². The van der Waals surface area contributed by atoms with Crippen LogP contribution in [0.4, 0.5) is 0 Å². The van der Waals surface area contributed by atoms with Crippen LogP contribution in [-0.2, 0) is 11.2 Å². The molecular weight excluding hydrogens is 266 g/mol. The van der Waals surface area contributed by atoms with Gasteiger partial charge in [0.1, 0.15) is 0 Å². The number of benzene rings is 1. The van der Waals surface area contributed by atoms with Gasteiger partial charge in [-0.15, -0.1) is 0 Å². The lowest BCUT2D eigenvalue weighted by atomic mass is 10.1. The maximum Gasteiger partial charge on any atom is 0.161 e. The molecule has 0 aliphatic carbocycles. The van der Waals surface area contributed by atoms with E-state index in [1.54, 1.807) is 7.11 Å². The van der Waals surface area contributed by atoms with Crippen LogP contribution in [0, 0.1) is 0 Å². The summed E-state index contributed by atoms with van der Waals surface area (Å²) in [5.41, 5.74) is 7.03. The summed E-state index contributed by atoms with van der Waals surface area (Å²) in [4.78, 5) is 0. The van der Waals surface area contributed by atoms with E-state index in [1.165, 1.54) is 18.4 Å². The number of rotatable bonds is 8. The van der Waals surface area contributed by atoms with Gasteiger partial charge >= 0.3 is 0 Å². The highest BCUT2D eigenvalue weighted by molar-refractivity contribution is 5.43. The normalized spacial score (nSPS) is 19.5. The number of hydrogen-bond donors (Lipinski definition) is 1. The molecule has 118 valence electrons. The average Bonchev–Trinajstić information content (AvgIpc) is 2.96. The average molecular weight is 293 g/mol. The predicted molar refractivity (Wildman–Crippen MR) is 84.1 cm³/mol. The molecule has 0 amide bonds. The Labute approximate surface area is 127 Å². The van der Waals surface area contributed by atoms with E-state index in [2.05, 4.69) is 0 Å². The van der Waals surface area contributed by atoms with Crippen LogP contribution in [0.5, 0.6) is 11.5 Å². The van der Waals surface area contributed by atoms with Crippen LogP contribution < -0.4 is 15.2 Å². The van der Waals surface area contributed by atoms with Crippen molar-refractivity contribution in [2.75, 3.05) is 20.3 Å². The lowest BCUT2D eigenvalue weighted by Crippen LogP contribution is -2.17. The van der Waals surface area contributed by atoms with Gasteiger partial charge in [0.05, 0.1) is 19.8 Å². The molecule has 1 aliphatic heterocycles. The van der Waals surface area contributed by atoms with Crippen molar-refractivity contribution < 1.29 is 14.2 Å². The van der Waals surface area contributed by atoms with Gasteiger partial charge in [0.25, 0.3) is 0 Å². The molecule has 21 heavy (non-hydrogen) atoms. The van der Waals surface area contributed by atoms with Crippen molar-refractivity contribution in [2.45, 2.75) is 51.2 Å². The minimum Gasteiger partial charge on any atom is -0.493 e. The van der Waals surface area contributed by atoms with E-state index in [4.69, 9.17) is 19.9 Å². The van der Waals surface area contributed by atoms with Crippen molar-refractivity contribution in [3.63, 3.8) is 0 Å². The largest absolute Gasteiger partial charge is 0.493 e. The van der Waals surface area contributed by atoms with Gasteiger partial charge in [0, 0.05) is 12.6 Å². The van der Waals surface area contributed by atoms with Crippen molar-refractivity contribution in [3.8, 4) is 11.5 Å². The number of methoxy groups -OCH3 is 1. The predicted octanol–water partition coefficient (Wildman–Crippen LogP) is 2.92. The van der Waals surface area contributed by atoms with E-state index in [9.17, 15) is 0 Å². The Kier molecular flexibility index (Phi) is 6.33. The van der Waals surface area contributed by atoms with Gasteiger partial charge in [-0.3, -0.25) is 0 Å². The number of hydrogen-bond acceptors (Lipinski definition) is 4. The van der Waals surface area contributed by atoms with Gasteiger partial charge in [-0.05, 0) is 56.7 Å². The van der Waals surface area contributed by atoms with E-state index in [0.717, 1.165) is 37.4 Å². The summed E-state index contributed by atoms with van der Waals surface area (Å²) in [6, 6.07) is 6.17. The lowest BCUT2D eigenvalue weighted by molar-refractivity contribution is 0.0980. The van der Waals surface area contributed by atoms with Crippen LogP contribution in [0.2, 0.25) is 0 Å². The van der Waals surface area contributed by atoms with Crippen LogP contribution in [0.3, 0.4) is 0 Å². The van der Waals surface area contributed by atoms with Gasteiger partial charge in [-0.25, -0.2) is 0 Å². The molecule has 2 unspecified atom stereocenters. The Morgan fingerprint density at radius 3 is 2.90 bits per heavy atom. The molecule has 4 nitrogen and oxygen atoms in total. The monoisotopic (exact) mass is 293 g/mol. The molecule has 0 bridgehead atoms. The van der Waals surface area contributed by atoms with Gasteiger partial charge in [0.2, 0.25) is 0 Å². The molecule has 0 spiro atoms. The zero-order chi connectivity index (χ0) is 15.1. The van der Waals surface area contributed by atoms with Crippen LogP contribution in [0.25, 0.3) is 0 Å². The molecule has 4 heteroatoms. The van der Waals surface area contributed by atoms with Crippen molar-refractivity contribution in [1.82, 2.24) is 0 Å². The third-order valence-electron chi connectivity index (χ3n) is 3.74. The first kappa shape index (κ1) is 16.1. The fraction of sp³-hybridized carbons (Fsp3) is 0.647. The van der Waals surface area contributed by atoms with Crippen LogP contribution >= 0.6 is 0 Å². The third kappa shape index (κ3) is 5.21. The molecule has 1 fully saturated rings. The van der Waals surface area contributed by atoms with E-state index >= 15 is 0 Å². The van der Waals surface area contributed by atoms with Crippen LogP contribution in [0.15, 0.2) is 18.2 Å². The number of ether oxygens (including phenoxy) is 3. The quantitative estimate of drug-likeness (QED) is 0.749. The second kappa shape index (κ2) is 8.25. The van der Waals surface area contributed by atoms with E-state index in [0.29, 0.717) is 12.7 Å². The maximum atomic E-state index is 5.89. The fourth-order valence-corrected chi connectivity index (χ4v) is 2.70. The van der Waals surface area contributed by atoms with E-state index in [1.807, 2.05) is 25.1 Å². The summed E-state index contributed by atoms with van der Waals surface area (Å²) in [7, 11) is 1.67. The smallest absolute Gasteiger partial charge is 0.161 e. The molecule has 2 rings (SSSR count). The Balaban J connectivity index is 1.84. The summed E-state index contributed by atoms with van der Waals surface area (Å²) in [6.07, 6.45) is 5.73. The summed E-state index contributed by atoms with van der Waals surface area (Å²) >= 11 is 0. The second-order valence-corrected chi connectivity index (χ2v) is 5.79. The summed E-state index contributed by atoms with van der Waals surface area (Å²) in [5, 5.41) is 0. The minimum atomic E-state index is 0.144. The first-order valence-corrected chi connectivity index (χ1v) is 7.86. The molecule has 0 radical (unpaired) electrons. The third-order valence-corrected chi connectivity index (χ3v) is 3.74. The first-order valence-electron chi connectivity index (χ1n) is 7.86. The SMILES string of the molecule is COc1ccc(CC(C)N)cc1OCCCC1CCCO1. The topological polar surface area (TPSA) is 53.7 Å². The zero-order valence-electron chi connectivity index (χ0n) is 13.1. The first-order chi connectivity index (χ1) is 10.2. The molecule has 1 aromatic carbocycles. The molecule has 1 aromatic rings. The Bertz CT molecular complexity index is 428. The molecule has 2 N–H and O–H groups in total. The summed E-state index contributed by atoms with van der Waals surface area (Å²) in [6.45, 7) is 3.61. The van der Waals surface area contributed by atoms with Gasteiger partial charge in [-0.2, -0.15) is 0 Å². The van der Waals surface area contributed by atoms with Gasteiger partial charge in [0.15, 0.2) is 11.5 Å². The number of nitrogens with two attached hydrogens (primary N) is 1. The van der Waals surface area contributed by atoms with Crippen molar-refractivity contribution in [2.24, 2.45) is 5.73 Å². The van der Waals surface area contributed by atoms with Gasteiger partial charge in [-0.1, -0.05) is 6.07 Å². The van der Waals surface area contributed by atoms with Crippen molar-refractivity contribution in [3.05, 3.63) is 23.8 Å². The highest BCUT2D eigenvalue weighted by Gasteiger charge is 2.15. The summed E-state index contributed by atoms with van der Waals surface area (Å²) in [5.74, 6) is 1.59. The maximum absolute atomic E-state index is 5.89. The fourth-order valence-electron chi connectivity index (χ4n) is 2.70. The Hall–Kier alpha value is -1.26. The second-order valence-electron chi connectivity index (χ2n) is 5.79. The highest BCUT2D eigenvalue weighted by atomic mass is 16.5. The van der Waals surface area contributed by atoms with Crippen LogP contribution in [0.1, 0.15) is 38.2 Å². The van der Waals surface area contributed by atoms with Crippen LogP contribution in [-0.4, -0.2) is 32.5 Å². The minimum absolute atomic E-state index is 0.144. The standard InChI is InChI=1S/C17H27NO3/c1-13(18)11-14-7-8-16(19-2)17(12-14)21-10-4-6-15-5-3-9-20-15/h7-8,12-13,15H,3-6,9-11,18H2,1-2H3. The molecule has 1 saturated heterocycles. The van der Waals surface area contributed by atoms with Crippen molar-refractivity contribution >= 4 is 0 Å². The van der Waals surface area contributed by atoms with Crippen molar-refractivity contribution in [1.29, 1.82) is 0 Å². The molecule has 1 aliphatic rings. The molecular formula is C17H27NO3. The van der Waals surface area contributed by atoms with Gasteiger partial charge < -0.3 is 19.9 Å². The lowest BCUT2D eigenvalue weighted by Gasteiger charge is -2.14. The molecule has 1 heterocycles. The summed E-state index contributed by atoms with van der Waals surface area (Å²) < 4.78 is 16.9. The Morgan fingerprint density at radius 1 is 1.38 bits per heavy atom. The molecule has 0 saturated carbocycles.